The van der Waals surface area contributed by atoms with E-state index >= 15 is 0 Å². The van der Waals surface area contributed by atoms with Crippen LogP contribution in [0.25, 0.3) is 0 Å². The van der Waals surface area contributed by atoms with Crippen molar-refractivity contribution in [2.45, 2.75) is 25.9 Å². The summed E-state index contributed by atoms with van der Waals surface area (Å²) in [5.74, 6) is 1.54. The highest BCUT2D eigenvalue weighted by Crippen LogP contribution is 2.24. The predicted molar refractivity (Wildman–Crippen MR) is 57.5 cm³/mol. The van der Waals surface area contributed by atoms with Gasteiger partial charge in [-0.1, -0.05) is 5.16 Å². The number of sulfone groups is 1. The number of aromatic nitrogens is 1. The zero-order chi connectivity index (χ0) is 11.6. The van der Waals surface area contributed by atoms with E-state index in [2.05, 4.69) is 5.16 Å². The van der Waals surface area contributed by atoms with Crippen LogP contribution in [-0.2, 0) is 22.9 Å². The molecule has 2 heterocycles. The van der Waals surface area contributed by atoms with Crippen molar-refractivity contribution in [1.82, 2.24) is 5.16 Å². The summed E-state index contributed by atoms with van der Waals surface area (Å²) in [5.41, 5.74) is 0.702. The predicted octanol–water partition coefficient (Wildman–Crippen LogP) is 0.534. The highest BCUT2D eigenvalue weighted by atomic mass is 32.2. The summed E-state index contributed by atoms with van der Waals surface area (Å²) in [4.78, 5) is 0. The minimum absolute atomic E-state index is 0.0795. The van der Waals surface area contributed by atoms with Crippen LogP contribution in [0.3, 0.4) is 0 Å². The Labute approximate surface area is 94.4 Å². The Hall–Kier alpha value is -0.880. The molecule has 1 fully saturated rings. The lowest BCUT2D eigenvalue weighted by Gasteiger charge is -2.20. The standard InChI is InChI=1S/C10H15NO4S/c12-7-9-6-11-15-10(9)5-8-1-3-16(13,14)4-2-8/h6,8,12H,1-5,7H2. The molecular formula is C10H15NO4S. The lowest BCUT2D eigenvalue weighted by atomic mass is 9.96. The van der Waals surface area contributed by atoms with Gasteiger partial charge in [0.2, 0.25) is 0 Å². The van der Waals surface area contributed by atoms with E-state index in [0.29, 0.717) is 36.5 Å². The van der Waals surface area contributed by atoms with Crippen molar-refractivity contribution in [2.75, 3.05) is 11.5 Å². The number of nitrogens with zero attached hydrogens (tertiary/aromatic N) is 1. The van der Waals surface area contributed by atoms with E-state index in [9.17, 15) is 8.42 Å². The molecule has 1 N–H and O–H groups in total. The molecule has 0 aromatic carbocycles. The molecule has 90 valence electrons. The lowest BCUT2D eigenvalue weighted by Crippen LogP contribution is -2.24. The summed E-state index contributed by atoms with van der Waals surface area (Å²) in [6.45, 7) is -0.0795. The van der Waals surface area contributed by atoms with Crippen LogP contribution in [0.1, 0.15) is 24.2 Å². The number of rotatable bonds is 3. The van der Waals surface area contributed by atoms with Gasteiger partial charge in [-0.25, -0.2) is 8.42 Å². The largest absolute Gasteiger partial charge is 0.391 e. The van der Waals surface area contributed by atoms with Gasteiger partial charge in [-0.05, 0) is 18.8 Å². The molecule has 1 aliphatic heterocycles. The molecule has 16 heavy (non-hydrogen) atoms. The fraction of sp³-hybridized carbons (Fsp3) is 0.700. The van der Waals surface area contributed by atoms with E-state index in [-0.39, 0.29) is 18.1 Å². The van der Waals surface area contributed by atoms with E-state index in [1.165, 1.54) is 6.20 Å². The first-order valence-electron chi connectivity index (χ1n) is 5.34. The van der Waals surface area contributed by atoms with Gasteiger partial charge in [0.25, 0.3) is 0 Å². The average Bonchev–Trinajstić information content (AvgIpc) is 2.68. The number of hydrogen-bond donors (Lipinski definition) is 1. The number of hydrogen-bond acceptors (Lipinski definition) is 5. The Morgan fingerprint density at radius 1 is 1.44 bits per heavy atom. The maximum absolute atomic E-state index is 11.2. The maximum atomic E-state index is 11.2. The van der Waals surface area contributed by atoms with Crippen LogP contribution in [-0.4, -0.2) is 30.2 Å². The van der Waals surface area contributed by atoms with Crippen LogP contribution in [0.15, 0.2) is 10.7 Å². The lowest BCUT2D eigenvalue weighted by molar-refractivity contribution is 0.274. The smallest absolute Gasteiger partial charge is 0.150 e. The molecule has 0 atom stereocenters. The van der Waals surface area contributed by atoms with Crippen molar-refractivity contribution in [3.63, 3.8) is 0 Å². The normalized spacial score (nSPS) is 21.1. The van der Waals surface area contributed by atoms with E-state index in [1.54, 1.807) is 0 Å². The van der Waals surface area contributed by atoms with E-state index in [0.717, 1.165) is 0 Å². The highest BCUT2D eigenvalue weighted by molar-refractivity contribution is 7.91. The molecule has 0 aliphatic carbocycles. The Balaban J connectivity index is 1.97. The third-order valence-corrected chi connectivity index (χ3v) is 4.76. The Morgan fingerprint density at radius 2 is 2.12 bits per heavy atom. The van der Waals surface area contributed by atoms with Crippen LogP contribution in [0.2, 0.25) is 0 Å². The van der Waals surface area contributed by atoms with Crippen LogP contribution in [0.4, 0.5) is 0 Å². The second kappa shape index (κ2) is 4.55. The summed E-state index contributed by atoms with van der Waals surface area (Å²) in [7, 11) is -2.81. The molecule has 1 aliphatic rings. The van der Waals surface area contributed by atoms with Crippen molar-refractivity contribution < 1.29 is 18.0 Å². The van der Waals surface area contributed by atoms with Gasteiger partial charge in [-0.2, -0.15) is 0 Å². The summed E-state index contributed by atoms with van der Waals surface area (Å²) in [5, 5.41) is 12.7. The van der Waals surface area contributed by atoms with Gasteiger partial charge in [-0.3, -0.25) is 0 Å². The Morgan fingerprint density at radius 3 is 2.75 bits per heavy atom. The molecule has 1 saturated heterocycles. The fourth-order valence-electron chi connectivity index (χ4n) is 1.99. The van der Waals surface area contributed by atoms with E-state index in [4.69, 9.17) is 9.63 Å². The first-order valence-corrected chi connectivity index (χ1v) is 7.16. The van der Waals surface area contributed by atoms with Gasteiger partial charge in [-0.15, -0.1) is 0 Å². The van der Waals surface area contributed by atoms with Crippen molar-refractivity contribution in [3.05, 3.63) is 17.5 Å². The van der Waals surface area contributed by atoms with Gasteiger partial charge < -0.3 is 9.63 Å². The van der Waals surface area contributed by atoms with Gasteiger partial charge in [0, 0.05) is 12.0 Å². The van der Waals surface area contributed by atoms with Crippen molar-refractivity contribution >= 4 is 9.84 Å². The second-order valence-corrected chi connectivity index (χ2v) is 6.54. The minimum Gasteiger partial charge on any atom is -0.391 e. The van der Waals surface area contributed by atoms with E-state index in [1.807, 2.05) is 0 Å². The molecule has 6 heteroatoms. The van der Waals surface area contributed by atoms with Crippen molar-refractivity contribution in [3.8, 4) is 0 Å². The van der Waals surface area contributed by atoms with Crippen molar-refractivity contribution in [1.29, 1.82) is 0 Å². The maximum Gasteiger partial charge on any atom is 0.150 e. The van der Waals surface area contributed by atoms with Crippen LogP contribution < -0.4 is 0 Å². The SMILES string of the molecule is O=S1(=O)CCC(Cc2oncc2CO)CC1. The third kappa shape index (κ3) is 2.62. The first kappa shape index (κ1) is 11.6. The highest BCUT2D eigenvalue weighted by Gasteiger charge is 2.25. The van der Waals surface area contributed by atoms with Crippen LogP contribution >= 0.6 is 0 Å². The van der Waals surface area contributed by atoms with Gasteiger partial charge in [0.1, 0.15) is 15.6 Å². The number of aliphatic hydroxyl groups excluding tert-OH is 1. The summed E-state index contributed by atoms with van der Waals surface area (Å²) >= 11 is 0. The molecular weight excluding hydrogens is 230 g/mol. The second-order valence-electron chi connectivity index (χ2n) is 4.23. The monoisotopic (exact) mass is 245 g/mol. The number of aliphatic hydroxyl groups is 1. The molecule has 5 nitrogen and oxygen atoms in total. The van der Waals surface area contributed by atoms with Gasteiger partial charge in [0.15, 0.2) is 0 Å². The van der Waals surface area contributed by atoms with Crippen LogP contribution in [0.5, 0.6) is 0 Å². The third-order valence-electron chi connectivity index (χ3n) is 3.05. The molecule has 1 aromatic heterocycles. The molecule has 0 bridgehead atoms. The molecule has 0 radical (unpaired) electrons. The molecule has 0 amide bonds. The van der Waals surface area contributed by atoms with Crippen molar-refractivity contribution in [2.24, 2.45) is 5.92 Å². The molecule has 0 saturated carbocycles. The Bertz CT molecular complexity index is 437. The summed E-state index contributed by atoms with van der Waals surface area (Å²) in [6.07, 6.45) is 3.53. The van der Waals surface area contributed by atoms with Gasteiger partial charge >= 0.3 is 0 Å². The molecule has 0 spiro atoms. The topological polar surface area (TPSA) is 80.4 Å². The summed E-state index contributed by atoms with van der Waals surface area (Å²) < 4.78 is 27.5. The van der Waals surface area contributed by atoms with Gasteiger partial charge in [0.05, 0.1) is 24.3 Å². The van der Waals surface area contributed by atoms with Crippen LogP contribution in [0, 0.1) is 5.92 Å². The molecule has 0 unspecified atom stereocenters. The van der Waals surface area contributed by atoms with E-state index < -0.39 is 9.84 Å². The summed E-state index contributed by atoms with van der Waals surface area (Å²) in [6, 6.07) is 0. The first-order chi connectivity index (χ1) is 7.61. The quantitative estimate of drug-likeness (QED) is 0.840. The zero-order valence-electron chi connectivity index (χ0n) is 8.92. The minimum atomic E-state index is -2.81. The molecule has 2 rings (SSSR count). The zero-order valence-corrected chi connectivity index (χ0v) is 9.74. The average molecular weight is 245 g/mol. The fourth-order valence-corrected chi connectivity index (χ4v) is 3.58. The molecule has 1 aromatic rings. The Kier molecular flexibility index (Phi) is 3.30.